The van der Waals surface area contributed by atoms with E-state index < -0.39 is 0 Å². The first-order valence-corrected chi connectivity index (χ1v) is 10.9. The third-order valence-electron chi connectivity index (χ3n) is 4.91. The molecule has 0 saturated carbocycles. The van der Waals surface area contributed by atoms with Gasteiger partial charge >= 0.3 is 0 Å². The Morgan fingerprint density at radius 1 is 0.806 bits per heavy atom. The summed E-state index contributed by atoms with van der Waals surface area (Å²) in [6.07, 6.45) is 2.96. The average Bonchev–Trinajstić information content (AvgIpc) is 2.79. The second kappa shape index (κ2) is 11.8. The lowest BCUT2D eigenvalue weighted by Crippen LogP contribution is -2.11. The van der Waals surface area contributed by atoms with Crippen molar-refractivity contribution in [2.24, 2.45) is 5.92 Å². The van der Waals surface area contributed by atoms with E-state index in [1.54, 1.807) is 12.1 Å². The van der Waals surface area contributed by atoms with Crippen LogP contribution >= 0.6 is 0 Å². The Hall–Kier alpha value is -3.27. The van der Waals surface area contributed by atoms with Crippen LogP contribution in [0.4, 0.5) is 5.69 Å². The highest BCUT2D eigenvalue weighted by atomic mass is 16.5. The van der Waals surface area contributed by atoms with E-state index in [0.717, 1.165) is 36.4 Å². The van der Waals surface area contributed by atoms with E-state index in [1.807, 2.05) is 42.5 Å². The largest absolute Gasteiger partial charge is 0.494 e. The van der Waals surface area contributed by atoms with Crippen molar-refractivity contribution in [1.29, 1.82) is 0 Å². The second-order valence-corrected chi connectivity index (χ2v) is 7.97. The number of hydrogen-bond donors (Lipinski definition) is 1. The molecule has 4 nitrogen and oxygen atoms in total. The summed E-state index contributed by atoms with van der Waals surface area (Å²) in [7, 11) is 0. The number of carbonyl (C=O) groups is 1. The number of anilines is 1. The fourth-order valence-electron chi connectivity index (χ4n) is 3.06. The molecule has 0 unspecified atom stereocenters. The molecule has 0 aliphatic heterocycles. The van der Waals surface area contributed by atoms with Crippen molar-refractivity contribution >= 4 is 11.6 Å². The van der Waals surface area contributed by atoms with Gasteiger partial charge in [0.1, 0.15) is 11.5 Å². The normalized spacial score (nSPS) is 10.7. The number of rotatable bonds is 11. The lowest BCUT2D eigenvalue weighted by molar-refractivity contribution is 0.102. The van der Waals surface area contributed by atoms with E-state index in [2.05, 4.69) is 43.4 Å². The molecule has 3 aromatic carbocycles. The molecule has 0 saturated heterocycles. The van der Waals surface area contributed by atoms with Crippen molar-refractivity contribution in [2.75, 3.05) is 18.5 Å². The number of carbonyl (C=O) groups excluding carboxylic acids is 1. The van der Waals surface area contributed by atoms with Crippen LogP contribution in [0.25, 0.3) is 0 Å². The Bertz CT molecular complexity index is 919. The summed E-state index contributed by atoms with van der Waals surface area (Å²) in [5.41, 5.74) is 2.65. The maximum absolute atomic E-state index is 12.5. The number of hydrogen-bond acceptors (Lipinski definition) is 3. The lowest BCUT2D eigenvalue weighted by atomic mass is 10.1. The van der Waals surface area contributed by atoms with E-state index in [9.17, 15) is 4.79 Å². The van der Waals surface area contributed by atoms with Crippen molar-refractivity contribution in [3.05, 3.63) is 90.0 Å². The van der Waals surface area contributed by atoms with Crippen LogP contribution in [-0.4, -0.2) is 19.1 Å². The predicted octanol–water partition coefficient (Wildman–Crippen LogP) is 6.38. The number of amides is 1. The Morgan fingerprint density at radius 3 is 2.06 bits per heavy atom. The van der Waals surface area contributed by atoms with Crippen molar-refractivity contribution in [3.63, 3.8) is 0 Å². The summed E-state index contributed by atoms with van der Waals surface area (Å²) in [6.45, 7) is 5.68. The SMILES string of the molecule is CC(C)CCOc1ccc(C(=O)Nc2ccc(OCCCc3ccccc3)cc2)cc1. The van der Waals surface area contributed by atoms with Gasteiger partial charge in [0.15, 0.2) is 0 Å². The first-order chi connectivity index (χ1) is 15.1. The molecule has 0 fully saturated rings. The van der Waals surface area contributed by atoms with Gasteiger partial charge in [-0.3, -0.25) is 4.79 Å². The van der Waals surface area contributed by atoms with Crippen molar-refractivity contribution in [1.82, 2.24) is 0 Å². The zero-order chi connectivity index (χ0) is 21.9. The molecule has 0 heterocycles. The molecule has 31 heavy (non-hydrogen) atoms. The molecule has 0 atom stereocenters. The first kappa shape index (κ1) is 22.4. The van der Waals surface area contributed by atoms with Gasteiger partial charge in [0.05, 0.1) is 13.2 Å². The predicted molar refractivity (Wildman–Crippen MR) is 126 cm³/mol. The van der Waals surface area contributed by atoms with Crippen LogP contribution in [0.2, 0.25) is 0 Å². The van der Waals surface area contributed by atoms with Gasteiger partial charge in [-0.25, -0.2) is 0 Å². The summed E-state index contributed by atoms with van der Waals surface area (Å²) in [6, 6.07) is 25.1. The molecule has 3 rings (SSSR count). The number of ether oxygens (including phenoxy) is 2. The average molecular weight is 418 g/mol. The summed E-state index contributed by atoms with van der Waals surface area (Å²) in [4.78, 5) is 12.5. The summed E-state index contributed by atoms with van der Waals surface area (Å²) >= 11 is 0. The van der Waals surface area contributed by atoms with Gasteiger partial charge in [0, 0.05) is 11.3 Å². The van der Waals surface area contributed by atoms with Gasteiger partial charge in [-0.2, -0.15) is 0 Å². The van der Waals surface area contributed by atoms with Crippen LogP contribution < -0.4 is 14.8 Å². The first-order valence-electron chi connectivity index (χ1n) is 10.9. The smallest absolute Gasteiger partial charge is 0.255 e. The van der Waals surface area contributed by atoms with Crippen LogP contribution in [0, 0.1) is 5.92 Å². The molecule has 0 aliphatic carbocycles. The van der Waals surface area contributed by atoms with Gasteiger partial charge in [-0.1, -0.05) is 44.2 Å². The minimum absolute atomic E-state index is 0.148. The molecule has 4 heteroatoms. The summed E-state index contributed by atoms with van der Waals surface area (Å²) < 4.78 is 11.5. The van der Waals surface area contributed by atoms with E-state index in [0.29, 0.717) is 24.7 Å². The maximum atomic E-state index is 12.5. The number of nitrogens with one attached hydrogen (secondary N) is 1. The molecule has 3 aromatic rings. The van der Waals surface area contributed by atoms with E-state index in [-0.39, 0.29) is 5.91 Å². The molecule has 0 bridgehead atoms. The molecule has 1 N–H and O–H groups in total. The Kier molecular flexibility index (Phi) is 8.53. The fourth-order valence-corrected chi connectivity index (χ4v) is 3.06. The monoisotopic (exact) mass is 417 g/mol. The molecular weight excluding hydrogens is 386 g/mol. The van der Waals surface area contributed by atoms with Crippen LogP contribution in [0.5, 0.6) is 11.5 Å². The molecule has 1 amide bonds. The Balaban J connectivity index is 1.42. The van der Waals surface area contributed by atoms with Crippen LogP contribution in [-0.2, 0) is 6.42 Å². The highest BCUT2D eigenvalue weighted by Crippen LogP contribution is 2.18. The van der Waals surface area contributed by atoms with E-state index in [1.165, 1.54) is 5.56 Å². The van der Waals surface area contributed by atoms with Gasteiger partial charge < -0.3 is 14.8 Å². The Labute approximate surface area is 185 Å². The van der Waals surface area contributed by atoms with Crippen molar-refractivity contribution in [2.45, 2.75) is 33.1 Å². The number of aryl methyl sites for hydroxylation is 1. The van der Waals surface area contributed by atoms with E-state index >= 15 is 0 Å². The van der Waals surface area contributed by atoms with Crippen LogP contribution in [0.3, 0.4) is 0 Å². The standard InChI is InChI=1S/C27H31NO3/c1-21(2)18-20-31-25-14-10-23(11-15-25)27(29)28-24-12-16-26(17-13-24)30-19-6-9-22-7-4-3-5-8-22/h3-5,7-8,10-17,21H,6,9,18-20H2,1-2H3,(H,28,29). The summed E-state index contributed by atoms with van der Waals surface area (Å²) in [5.74, 6) is 2.04. The van der Waals surface area contributed by atoms with Gasteiger partial charge in [0.25, 0.3) is 5.91 Å². The van der Waals surface area contributed by atoms with Gasteiger partial charge in [-0.15, -0.1) is 0 Å². The minimum Gasteiger partial charge on any atom is -0.494 e. The zero-order valence-corrected chi connectivity index (χ0v) is 18.3. The van der Waals surface area contributed by atoms with E-state index in [4.69, 9.17) is 9.47 Å². The number of benzene rings is 3. The third-order valence-corrected chi connectivity index (χ3v) is 4.91. The molecule has 0 radical (unpaired) electrons. The van der Waals surface area contributed by atoms with Gasteiger partial charge in [-0.05, 0) is 79.3 Å². The minimum atomic E-state index is -0.148. The lowest BCUT2D eigenvalue weighted by Gasteiger charge is -2.10. The molecular formula is C27H31NO3. The van der Waals surface area contributed by atoms with Gasteiger partial charge in [0.2, 0.25) is 0 Å². The summed E-state index contributed by atoms with van der Waals surface area (Å²) in [5, 5.41) is 2.92. The zero-order valence-electron chi connectivity index (χ0n) is 18.3. The molecule has 0 spiro atoms. The highest BCUT2D eigenvalue weighted by Gasteiger charge is 2.07. The van der Waals surface area contributed by atoms with Crippen molar-refractivity contribution < 1.29 is 14.3 Å². The maximum Gasteiger partial charge on any atom is 0.255 e. The molecule has 162 valence electrons. The fraction of sp³-hybridized carbons (Fsp3) is 0.296. The quantitative estimate of drug-likeness (QED) is 0.369. The van der Waals surface area contributed by atoms with Crippen molar-refractivity contribution in [3.8, 4) is 11.5 Å². The third kappa shape index (κ3) is 7.82. The second-order valence-electron chi connectivity index (χ2n) is 7.97. The highest BCUT2D eigenvalue weighted by molar-refractivity contribution is 6.04. The topological polar surface area (TPSA) is 47.6 Å². The molecule has 0 aromatic heterocycles. The molecule has 0 aliphatic rings. The van der Waals surface area contributed by atoms with Crippen LogP contribution in [0.1, 0.15) is 42.6 Å². The van der Waals surface area contributed by atoms with Crippen LogP contribution in [0.15, 0.2) is 78.9 Å². The Morgan fingerprint density at radius 2 is 1.42 bits per heavy atom.